The average Bonchev–Trinajstić information content (AvgIpc) is 3.56. The van der Waals surface area contributed by atoms with Crippen molar-refractivity contribution in [3.63, 3.8) is 0 Å². The van der Waals surface area contributed by atoms with Crippen LogP contribution in [0.15, 0.2) is 158 Å². The molecule has 0 unspecified atom stereocenters. The summed E-state index contributed by atoms with van der Waals surface area (Å²) in [5, 5.41) is 2.55. The Morgan fingerprint density at radius 3 is 1.06 bits per heavy atom. The second-order valence-electron chi connectivity index (χ2n) is 13.8. The third-order valence-corrected chi connectivity index (χ3v) is 10.8. The maximum atomic E-state index is 4.94. The zero-order valence-electron chi connectivity index (χ0n) is 30.3. The summed E-state index contributed by atoms with van der Waals surface area (Å²) < 4.78 is 2.37. The van der Waals surface area contributed by atoms with Crippen molar-refractivity contribution >= 4 is 21.8 Å². The molecule has 0 spiro atoms. The predicted octanol–water partition coefficient (Wildman–Crippen LogP) is 12.5. The van der Waals surface area contributed by atoms with Gasteiger partial charge in [-0.05, 0) is 96.5 Å². The number of para-hydroxylation sites is 2. The normalized spacial score (nSPS) is 11.4. The summed E-state index contributed by atoms with van der Waals surface area (Å²) >= 11 is 0. The summed E-state index contributed by atoms with van der Waals surface area (Å²) in [6.07, 6.45) is 0. The zero-order valence-corrected chi connectivity index (χ0v) is 30.3. The molecular weight excluding hydrogens is 645 g/mol. The molecule has 2 aromatic heterocycles. The van der Waals surface area contributed by atoms with Crippen molar-refractivity contribution in [3.8, 4) is 62.1 Å². The van der Waals surface area contributed by atoms with Crippen LogP contribution < -0.4 is 0 Å². The summed E-state index contributed by atoms with van der Waals surface area (Å²) in [5.74, 6) is 1.98. The Labute approximate surface area is 310 Å². The van der Waals surface area contributed by atoms with Crippen LogP contribution in [0.2, 0.25) is 0 Å². The molecule has 0 saturated heterocycles. The molecule has 4 nitrogen and oxygen atoms in total. The molecule has 53 heavy (non-hydrogen) atoms. The SMILES string of the molecule is Cc1c(C)c(-c2ccc(-n3c4ccccc4c4ccccc43)cc2)c(C)c(C)c1-c1ccc(-c2nc(-c3ccccc3)nc(-c3ccccc3)n2)cc1. The van der Waals surface area contributed by atoms with Crippen molar-refractivity contribution in [2.24, 2.45) is 0 Å². The average molecular weight is 683 g/mol. The Kier molecular flexibility index (Phi) is 8.01. The van der Waals surface area contributed by atoms with Gasteiger partial charge in [-0.25, -0.2) is 15.0 Å². The number of rotatable bonds is 6. The van der Waals surface area contributed by atoms with Gasteiger partial charge in [-0.15, -0.1) is 0 Å². The highest BCUT2D eigenvalue weighted by atomic mass is 15.0. The minimum Gasteiger partial charge on any atom is -0.309 e. The van der Waals surface area contributed by atoms with Crippen LogP contribution in [0.25, 0.3) is 83.9 Å². The minimum absolute atomic E-state index is 0.657. The van der Waals surface area contributed by atoms with E-state index < -0.39 is 0 Å². The van der Waals surface area contributed by atoms with E-state index in [4.69, 9.17) is 15.0 Å². The summed E-state index contributed by atoms with van der Waals surface area (Å²) in [6, 6.07) is 55.3. The lowest BCUT2D eigenvalue weighted by Gasteiger charge is -2.22. The van der Waals surface area contributed by atoms with Crippen molar-refractivity contribution in [2.75, 3.05) is 0 Å². The largest absolute Gasteiger partial charge is 0.309 e. The van der Waals surface area contributed by atoms with Gasteiger partial charge in [0.05, 0.1) is 11.0 Å². The fourth-order valence-electron chi connectivity index (χ4n) is 7.88. The molecule has 4 heteroatoms. The highest BCUT2D eigenvalue weighted by Gasteiger charge is 2.19. The van der Waals surface area contributed by atoms with E-state index in [1.165, 1.54) is 66.3 Å². The molecule has 0 fully saturated rings. The molecule has 0 aliphatic heterocycles. The molecule has 254 valence electrons. The fourth-order valence-corrected chi connectivity index (χ4v) is 7.88. The highest BCUT2D eigenvalue weighted by Crippen LogP contribution is 2.40. The maximum absolute atomic E-state index is 4.94. The van der Waals surface area contributed by atoms with E-state index in [-0.39, 0.29) is 0 Å². The Morgan fingerprint density at radius 2 is 0.642 bits per heavy atom. The number of fused-ring (bicyclic) bond motifs is 3. The Bertz CT molecular complexity index is 2640. The molecule has 2 heterocycles. The van der Waals surface area contributed by atoms with Gasteiger partial charge in [0.2, 0.25) is 0 Å². The van der Waals surface area contributed by atoms with Crippen molar-refractivity contribution in [3.05, 3.63) is 180 Å². The standard InChI is InChI=1S/C49H38N4/c1-31-33(3)46(36-27-29-40(30-28-36)53-43-21-13-11-19-41(43)42-20-12-14-22-44(42)53)34(4)32(2)45(31)35-23-25-39(26-24-35)49-51-47(37-15-7-5-8-16-37)50-48(52-49)38-17-9-6-10-18-38/h5-30H,1-4H3. The molecule has 0 N–H and O–H groups in total. The van der Waals surface area contributed by atoms with Crippen LogP contribution >= 0.6 is 0 Å². The first-order valence-electron chi connectivity index (χ1n) is 18.1. The van der Waals surface area contributed by atoms with E-state index in [1.54, 1.807) is 0 Å². The van der Waals surface area contributed by atoms with E-state index >= 15 is 0 Å². The van der Waals surface area contributed by atoms with Gasteiger partial charge in [0.25, 0.3) is 0 Å². The lowest BCUT2D eigenvalue weighted by molar-refractivity contribution is 1.07. The van der Waals surface area contributed by atoms with Gasteiger partial charge < -0.3 is 4.57 Å². The maximum Gasteiger partial charge on any atom is 0.164 e. The lowest BCUT2D eigenvalue weighted by Crippen LogP contribution is -2.01. The number of hydrogen-bond donors (Lipinski definition) is 0. The molecular formula is C49H38N4. The summed E-state index contributed by atoms with van der Waals surface area (Å²) in [7, 11) is 0. The fraction of sp³-hybridized carbons (Fsp3) is 0.0816. The number of benzene rings is 7. The first-order chi connectivity index (χ1) is 26.0. The molecule has 9 aromatic rings. The third kappa shape index (κ3) is 5.60. The number of nitrogens with zero attached hydrogens (tertiary/aromatic N) is 4. The van der Waals surface area contributed by atoms with Gasteiger partial charge in [-0.1, -0.05) is 133 Å². The van der Waals surface area contributed by atoms with Crippen LogP contribution in [-0.2, 0) is 0 Å². The second kappa shape index (κ2) is 13.2. The van der Waals surface area contributed by atoms with E-state index in [9.17, 15) is 0 Å². The van der Waals surface area contributed by atoms with Crippen LogP contribution in [0.4, 0.5) is 0 Å². The predicted molar refractivity (Wildman–Crippen MR) is 220 cm³/mol. The Hall–Kier alpha value is -6.65. The quantitative estimate of drug-likeness (QED) is 0.175. The summed E-state index contributed by atoms with van der Waals surface area (Å²) in [4.78, 5) is 14.7. The lowest BCUT2D eigenvalue weighted by atomic mass is 9.83. The molecule has 0 amide bonds. The van der Waals surface area contributed by atoms with Crippen molar-refractivity contribution < 1.29 is 0 Å². The number of aromatic nitrogens is 4. The van der Waals surface area contributed by atoms with Gasteiger partial charge in [0.15, 0.2) is 17.5 Å². The van der Waals surface area contributed by atoms with E-state index in [2.05, 4.69) is 129 Å². The van der Waals surface area contributed by atoms with Crippen LogP contribution in [-0.4, -0.2) is 19.5 Å². The van der Waals surface area contributed by atoms with Crippen LogP contribution in [0.3, 0.4) is 0 Å². The van der Waals surface area contributed by atoms with Crippen molar-refractivity contribution in [1.29, 1.82) is 0 Å². The minimum atomic E-state index is 0.657. The summed E-state index contributed by atoms with van der Waals surface area (Å²) in [5.41, 5.74) is 16.7. The van der Waals surface area contributed by atoms with Gasteiger partial charge in [-0.2, -0.15) is 0 Å². The van der Waals surface area contributed by atoms with Crippen LogP contribution in [0.5, 0.6) is 0 Å². The molecule has 7 aromatic carbocycles. The van der Waals surface area contributed by atoms with Crippen molar-refractivity contribution in [1.82, 2.24) is 19.5 Å². The van der Waals surface area contributed by atoms with Gasteiger partial charge in [-0.3, -0.25) is 0 Å². The number of hydrogen-bond acceptors (Lipinski definition) is 3. The van der Waals surface area contributed by atoms with Gasteiger partial charge in [0.1, 0.15) is 0 Å². The first kappa shape index (κ1) is 32.3. The third-order valence-electron chi connectivity index (χ3n) is 10.8. The van der Waals surface area contributed by atoms with E-state index in [0.717, 1.165) is 22.4 Å². The molecule has 9 rings (SSSR count). The van der Waals surface area contributed by atoms with Gasteiger partial charge in [0, 0.05) is 33.2 Å². The van der Waals surface area contributed by atoms with Crippen molar-refractivity contribution in [2.45, 2.75) is 27.7 Å². The Balaban J connectivity index is 1.07. The van der Waals surface area contributed by atoms with Crippen LogP contribution in [0, 0.1) is 27.7 Å². The van der Waals surface area contributed by atoms with E-state index in [0.29, 0.717) is 17.5 Å². The van der Waals surface area contributed by atoms with E-state index in [1.807, 2.05) is 60.7 Å². The highest BCUT2D eigenvalue weighted by molar-refractivity contribution is 6.09. The molecule has 0 bridgehead atoms. The topological polar surface area (TPSA) is 43.6 Å². The second-order valence-corrected chi connectivity index (χ2v) is 13.8. The molecule has 0 atom stereocenters. The first-order valence-corrected chi connectivity index (χ1v) is 18.1. The van der Waals surface area contributed by atoms with Gasteiger partial charge >= 0.3 is 0 Å². The summed E-state index contributed by atoms with van der Waals surface area (Å²) in [6.45, 7) is 9.03. The monoisotopic (exact) mass is 682 g/mol. The zero-order chi connectivity index (χ0) is 36.1. The smallest absolute Gasteiger partial charge is 0.164 e. The molecule has 0 radical (unpaired) electrons. The molecule has 0 aliphatic carbocycles. The van der Waals surface area contributed by atoms with Crippen LogP contribution in [0.1, 0.15) is 22.3 Å². The Morgan fingerprint density at radius 1 is 0.321 bits per heavy atom. The molecule has 0 aliphatic rings. The molecule has 0 saturated carbocycles.